The van der Waals surface area contributed by atoms with E-state index in [1.165, 1.54) is 10.4 Å². The number of para-hydroxylation sites is 2. The van der Waals surface area contributed by atoms with Crippen molar-refractivity contribution in [1.82, 2.24) is 0 Å². The van der Waals surface area contributed by atoms with Gasteiger partial charge in [0.2, 0.25) is 0 Å². The van der Waals surface area contributed by atoms with Crippen molar-refractivity contribution in [3.8, 4) is 0 Å². The summed E-state index contributed by atoms with van der Waals surface area (Å²) in [7, 11) is -0.542. The Morgan fingerprint density at radius 2 is 1.07 bits per heavy atom. The molecular weight excluding hydrogens is 200 g/mol. The van der Waals surface area contributed by atoms with Gasteiger partial charge in [0.05, 0.1) is 9.52 Å². The Balaban J connectivity index is 2.30. The number of rotatable bonds is 2. The van der Waals surface area contributed by atoms with Gasteiger partial charge in [0.25, 0.3) is 0 Å². The standard InChI is InChI=1S/C12H14N2Si/c13-9-5-1-3-7-11(9)15-12-8-4-2-6-10(12)14/h1-8H,13-15H2. The van der Waals surface area contributed by atoms with Gasteiger partial charge in [-0.2, -0.15) is 0 Å². The molecule has 2 nitrogen and oxygen atoms in total. The molecule has 0 spiro atoms. The number of nitrogen functional groups attached to an aromatic ring is 2. The number of nitrogens with two attached hydrogens (primary N) is 2. The van der Waals surface area contributed by atoms with E-state index >= 15 is 0 Å². The average molecular weight is 214 g/mol. The van der Waals surface area contributed by atoms with E-state index in [9.17, 15) is 0 Å². The van der Waals surface area contributed by atoms with Crippen molar-refractivity contribution in [3.05, 3.63) is 48.5 Å². The number of hydrogen-bond acceptors (Lipinski definition) is 2. The average Bonchev–Trinajstić information content (AvgIpc) is 2.24. The number of anilines is 2. The highest BCUT2D eigenvalue weighted by atomic mass is 28.2. The first-order valence-corrected chi connectivity index (χ1v) is 6.35. The van der Waals surface area contributed by atoms with Crippen LogP contribution in [0.4, 0.5) is 11.4 Å². The molecule has 0 unspecified atom stereocenters. The third-order valence-corrected chi connectivity index (χ3v) is 4.54. The lowest BCUT2D eigenvalue weighted by atomic mass is 10.3. The summed E-state index contributed by atoms with van der Waals surface area (Å²) < 4.78 is 0. The Hall–Kier alpha value is -1.74. The highest BCUT2D eigenvalue weighted by Crippen LogP contribution is 1.99. The monoisotopic (exact) mass is 214 g/mol. The van der Waals surface area contributed by atoms with Gasteiger partial charge in [0.15, 0.2) is 0 Å². The van der Waals surface area contributed by atoms with E-state index in [1.807, 2.05) is 36.4 Å². The molecule has 0 saturated carbocycles. The topological polar surface area (TPSA) is 52.0 Å². The van der Waals surface area contributed by atoms with Crippen LogP contribution in [0.2, 0.25) is 0 Å². The van der Waals surface area contributed by atoms with Gasteiger partial charge < -0.3 is 11.5 Å². The first kappa shape index (κ1) is 9.80. The SMILES string of the molecule is Nc1ccccc1[SiH2]c1ccccc1N. The van der Waals surface area contributed by atoms with E-state index in [-0.39, 0.29) is 0 Å². The summed E-state index contributed by atoms with van der Waals surface area (Å²) in [6.45, 7) is 0. The van der Waals surface area contributed by atoms with Crippen LogP contribution in [0, 0.1) is 0 Å². The molecule has 0 aliphatic rings. The first-order valence-electron chi connectivity index (χ1n) is 4.94. The molecule has 0 heterocycles. The van der Waals surface area contributed by atoms with Gasteiger partial charge in [-0.15, -0.1) is 0 Å². The van der Waals surface area contributed by atoms with Crippen molar-refractivity contribution in [2.75, 3.05) is 11.5 Å². The summed E-state index contributed by atoms with van der Waals surface area (Å²) in [6, 6.07) is 16.0. The van der Waals surface area contributed by atoms with Crippen LogP contribution in [-0.2, 0) is 0 Å². The quantitative estimate of drug-likeness (QED) is 0.545. The minimum Gasteiger partial charge on any atom is -0.399 e. The van der Waals surface area contributed by atoms with Crippen molar-refractivity contribution in [2.24, 2.45) is 0 Å². The minimum absolute atomic E-state index is 0.542. The molecule has 2 aromatic rings. The third kappa shape index (κ3) is 2.19. The zero-order valence-electron chi connectivity index (χ0n) is 8.48. The molecule has 0 fully saturated rings. The second-order valence-corrected chi connectivity index (χ2v) is 5.45. The van der Waals surface area contributed by atoms with Crippen molar-refractivity contribution < 1.29 is 0 Å². The van der Waals surface area contributed by atoms with E-state index in [0.29, 0.717) is 0 Å². The lowest BCUT2D eigenvalue weighted by molar-refractivity contribution is 1.71. The number of hydrogen-bond donors (Lipinski definition) is 2. The fourth-order valence-electron chi connectivity index (χ4n) is 1.60. The van der Waals surface area contributed by atoms with Gasteiger partial charge in [0.1, 0.15) is 0 Å². The molecule has 0 bridgehead atoms. The summed E-state index contributed by atoms with van der Waals surface area (Å²) in [5.41, 5.74) is 13.6. The predicted octanol–water partition coefficient (Wildman–Crippen LogP) is -0.0294. The van der Waals surface area contributed by atoms with Gasteiger partial charge in [-0.05, 0) is 22.5 Å². The molecule has 76 valence electrons. The van der Waals surface area contributed by atoms with Crippen molar-refractivity contribution in [1.29, 1.82) is 0 Å². The van der Waals surface area contributed by atoms with Gasteiger partial charge in [-0.1, -0.05) is 36.4 Å². The summed E-state index contributed by atoms with van der Waals surface area (Å²) in [6.07, 6.45) is 0. The normalized spacial score (nSPS) is 10.1. The molecule has 15 heavy (non-hydrogen) atoms. The second-order valence-electron chi connectivity index (χ2n) is 3.57. The van der Waals surface area contributed by atoms with Crippen LogP contribution in [0.3, 0.4) is 0 Å². The maximum absolute atomic E-state index is 5.91. The van der Waals surface area contributed by atoms with Crippen LogP contribution in [0.25, 0.3) is 0 Å². The maximum atomic E-state index is 5.91. The van der Waals surface area contributed by atoms with Crippen LogP contribution in [0.5, 0.6) is 0 Å². The van der Waals surface area contributed by atoms with Gasteiger partial charge in [-0.3, -0.25) is 0 Å². The molecule has 0 saturated heterocycles. The van der Waals surface area contributed by atoms with Crippen LogP contribution < -0.4 is 21.8 Å². The molecule has 0 amide bonds. The Morgan fingerprint density at radius 1 is 0.667 bits per heavy atom. The zero-order valence-corrected chi connectivity index (χ0v) is 9.89. The van der Waals surface area contributed by atoms with Crippen LogP contribution >= 0.6 is 0 Å². The Bertz CT molecular complexity index is 425. The molecule has 0 aliphatic carbocycles. The highest BCUT2D eigenvalue weighted by Gasteiger charge is 2.02. The van der Waals surface area contributed by atoms with Gasteiger partial charge >= 0.3 is 0 Å². The first-order chi connectivity index (χ1) is 7.27. The summed E-state index contributed by atoms with van der Waals surface area (Å²) in [4.78, 5) is 0. The van der Waals surface area contributed by atoms with Crippen LogP contribution in [-0.4, -0.2) is 9.52 Å². The van der Waals surface area contributed by atoms with E-state index in [2.05, 4.69) is 12.1 Å². The van der Waals surface area contributed by atoms with Crippen molar-refractivity contribution >= 4 is 31.3 Å². The molecule has 2 aromatic carbocycles. The summed E-state index contributed by atoms with van der Waals surface area (Å²) in [5.74, 6) is 0. The highest BCUT2D eigenvalue weighted by molar-refractivity contribution is 6.70. The molecule has 2 rings (SSSR count). The molecule has 0 aliphatic heterocycles. The third-order valence-electron chi connectivity index (χ3n) is 2.49. The molecular formula is C12H14N2Si. The van der Waals surface area contributed by atoms with E-state index in [1.54, 1.807) is 0 Å². The molecule has 0 atom stereocenters. The smallest absolute Gasteiger partial charge is 0.0928 e. The second kappa shape index (κ2) is 4.19. The molecule has 0 radical (unpaired) electrons. The van der Waals surface area contributed by atoms with Crippen LogP contribution in [0.1, 0.15) is 0 Å². The Morgan fingerprint density at radius 3 is 1.47 bits per heavy atom. The van der Waals surface area contributed by atoms with E-state index < -0.39 is 9.52 Å². The van der Waals surface area contributed by atoms with Crippen molar-refractivity contribution in [2.45, 2.75) is 0 Å². The van der Waals surface area contributed by atoms with E-state index in [4.69, 9.17) is 11.5 Å². The lowest BCUT2D eigenvalue weighted by Crippen LogP contribution is -2.30. The van der Waals surface area contributed by atoms with E-state index in [0.717, 1.165) is 11.4 Å². The Labute approximate surface area is 91.7 Å². The molecule has 3 heteroatoms. The van der Waals surface area contributed by atoms with Crippen molar-refractivity contribution in [3.63, 3.8) is 0 Å². The van der Waals surface area contributed by atoms with Gasteiger partial charge in [0, 0.05) is 11.4 Å². The molecule has 0 aromatic heterocycles. The largest absolute Gasteiger partial charge is 0.399 e. The summed E-state index contributed by atoms with van der Waals surface area (Å²) in [5, 5.41) is 2.52. The molecule has 4 N–H and O–H groups in total. The maximum Gasteiger partial charge on any atom is 0.0928 e. The fraction of sp³-hybridized carbons (Fsp3) is 0. The number of benzene rings is 2. The fourth-order valence-corrected chi connectivity index (χ4v) is 3.16. The lowest BCUT2D eigenvalue weighted by Gasteiger charge is -2.06. The predicted molar refractivity (Wildman–Crippen MR) is 69.5 cm³/mol. The zero-order chi connectivity index (χ0) is 10.7. The Kier molecular flexibility index (Phi) is 2.74. The minimum atomic E-state index is -0.542. The van der Waals surface area contributed by atoms with Gasteiger partial charge in [-0.25, -0.2) is 0 Å². The summed E-state index contributed by atoms with van der Waals surface area (Å²) >= 11 is 0. The van der Waals surface area contributed by atoms with Crippen LogP contribution in [0.15, 0.2) is 48.5 Å².